The Morgan fingerprint density at radius 3 is 2.15 bits per heavy atom. The summed E-state index contributed by atoms with van der Waals surface area (Å²) < 4.78 is 37.1. The molecule has 0 fully saturated rings. The molecule has 27 heavy (non-hydrogen) atoms. The third-order valence-electron chi connectivity index (χ3n) is 3.66. The number of amides is 1. The minimum atomic E-state index is -3.91. The Morgan fingerprint density at radius 1 is 0.963 bits per heavy atom. The Hall–Kier alpha value is -2.91. The van der Waals surface area contributed by atoms with E-state index in [2.05, 4.69) is 10.0 Å². The molecule has 0 saturated carbocycles. The van der Waals surface area contributed by atoms with E-state index in [9.17, 15) is 18.0 Å². The summed E-state index contributed by atoms with van der Waals surface area (Å²) in [5, 5.41) is 2.55. The first-order valence-corrected chi connectivity index (χ1v) is 9.37. The molecule has 0 radical (unpaired) electrons. The minimum Gasteiger partial charge on any atom is -0.493 e. The molecule has 1 amide bonds. The number of benzene rings is 2. The predicted octanol–water partition coefficient (Wildman–Crippen LogP) is 1.82. The summed E-state index contributed by atoms with van der Waals surface area (Å²) in [5.41, 5.74) is 0.970. The predicted molar refractivity (Wildman–Crippen MR) is 99.8 cm³/mol. The Balaban J connectivity index is 2.02. The van der Waals surface area contributed by atoms with Gasteiger partial charge in [-0.15, -0.1) is 0 Å². The second kappa shape index (κ2) is 8.65. The molecule has 0 aliphatic rings. The summed E-state index contributed by atoms with van der Waals surface area (Å²) in [4.78, 5) is 23.2. The zero-order valence-corrected chi connectivity index (χ0v) is 15.9. The van der Waals surface area contributed by atoms with E-state index >= 15 is 0 Å². The van der Waals surface area contributed by atoms with Crippen LogP contribution in [0.2, 0.25) is 0 Å². The number of methoxy groups -OCH3 is 2. The van der Waals surface area contributed by atoms with E-state index < -0.39 is 22.5 Å². The molecule has 0 bridgehead atoms. The number of ketones is 1. The van der Waals surface area contributed by atoms with Crippen LogP contribution in [0.1, 0.15) is 17.3 Å². The van der Waals surface area contributed by atoms with Gasteiger partial charge < -0.3 is 14.8 Å². The molecule has 0 aromatic heterocycles. The molecular formula is C18H20N2O6S. The van der Waals surface area contributed by atoms with E-state index in [1.807, 2.05) is 0 Å². The van der Waals surface area contributed by atoms with Crippen LogP contribution < -0.4 is 19.5 Å². The molecule has 0 spiro atoms. The van der Waals surface area contributed by atoms with Crippen LogP contribution in [0.15, 0.2) is 47.4 Å². The van der Waals surface area contributed by atoms with Gasteiger partial charge in [0, 0.05) is 17.3 Å². The van der Waals surface area contributed by atoms with Gasteiger partial charge in [0.05, 0.1) is 25.7 Å². The minimum absolute atomic E-state index is 0.0567. The van der Waals surface area contributed by atoms with Crippen molar-refractivity contribution in [2.24, 2.45) is 0 Å². The molecule has 2 N–H and O–H groups in total. The van der Waals surface area contributed by atoms with E-state index in [0.29, 0.717) is 17.0 Å². The van der Waals surface area contributed by atoms with Crippen molar-refractivity contribution in [3.8, 4) is 11.5 Å². The number of Topliss-reactive ketones (excluding diaryl/α,β-unsaturated/α-hetero) is 1. The van der Waals surface area contributed by atoms with Gasteiger partial charge in [0.25, 0.3) is 0 Å². The first-order chi connectivity index (χ1) is 12.8. The van der Waals surface area contributed by atoms with E-state index in [1.165, 1.54) is 39.3 Å². The molecule has 0 heterocycles. The summed E-state index contributed by atoms with van der Waals surface area (Å²) in [6.45, 7) is 0.988. The molecule has 8 nitrogen and oxygen atoms in total. The van der Waals surface area contributed by atoms with Crippen molar-refractivity contribution in [1.29, 1.82) is 0 Å². The average molecular weight is 392 g/mol. The lowest BCUT2D eigenvalue weighted by Gasteiger charge is -2.11. The van der Waals surface area contributed by atoms with Crippen molar-refractivity contribution < 1.29 is 27.5 Å². The van der Waals surface area contributed by atoms with Gasteiger partial charge >= 0.3 is 0 Å². The lowest BCUT2D eigenvalue weighted by atomic mass is 10.1. The zero-order chi connectivity index (χ0) is 20.0. The van der Waals surface area contributed by atoms with Crippen LogP contribution in [-0.2, 0) is 14.8 Å². The second-order valence-electron chi connectivity index (χ2n) is 5.52. The van der Waals surface area contributed by atoms with Crippen LogP contribution in [0.5, 0.6) is 11.5 Å². The summed E-state index contributed by atoms with van der Waals surface area (Å²) >= 11 is 0. The molecule has 0 saturated heterocycles. The Labute approximate surface area is 157 Å². The highest BCUT2D eigenvalue weighted by Gasteiger charge is 2.18. The summed E-state index contributed by atoms with van der Waals surface area (Å²) in [5.74, 6) is 0.0174. The third kappa shape index (κ3) is 5.28. The smallest absolute Gasteiger partial charge is 0.241 e. The van der Waals surface area contributed by atoms with Gasteiger partial charge in [0.1, 0.15) is 0 Å². The molecule has 2 aromatic rings. The number of sulfonamides is 1. The molecule has 0 aliphatic carbocycles. The lowest BCUT2D eigenvalue weighted by Crippen LogP contribution is -2.32. The zero-order valence-electron chi connectivity index (χ0n) is 15.1. The number of hydrogen-bond donors (Lipinski definition) is 2. The molecule has 2 aromatic carbocycles. The fourth-order valence-electron chi connectivity index (χ4n) is 2.22. The number of hydrogen-bond acceptors (Lipinski definition) is 6. The van der Waals surface area contributed by atoms with Gasteiger partial charge in [-0.3, -0.25) is 9.59 Å². The Kier molecular flexibility index (Phi) is 6.54. The van der Waals surface area contributed by atoms with Crippen LogP contribution >= 0.6 is 0 Å². The molecule has 2 rings (SSSR count). The highest BCUT2D eigenvalue weighted by Crippen LogP contribution is 2.29. The maximum Gasteiger partial charge on any atom is 0.241 e. The number of rotatable bonds is 8. The van der Waals surface area contributed by atoms with Gasteiger partial charge in [-0.1, -0.05) is 0 Å². The number of carbonyl (C=O) groups is 2. The molecule has 0 unspecified atom stereocenters. The van der Waals surface area contributed by atoms with Crippen LogP contribution in [0.25, 0.3) is 0 Å². The number of carbonyl (C=O) groups excluding carboxylic acids is 2. The monoisotopic (exact) mass is 392 g/mol. The highest BCUT2D eigenvalue weighted by molar-refractivity contribution is 7.89. The van der Waals surface area contributed by atoms with E-state index in [4.69, 9.17) is 9.47 Å². The molecular weight excluding hydrogens is 372 g/mol. The first-order valence-electron chi connectivity index (χ1n) is 7.89. The van der Waals surface area contributed by atoms with Crippen molar-refractivity contribution in [2.75, 3.05) is 26.1 Å². The van der Waals surface area contributed by atoms with Crippen LogP contribution in [-0.4, -0.2) is 40.9 Å². The van der Waals surface area contributed by atoms with Crippen molar-refractivity contribution in [1.82, 2.24) is 4.72 Å². The second-order valence-corrected chi connectivity index (χ2v) is 7.29. The maximum absolute atomic E-state index is 12.4. The summed E-state index contributed by atoms with van der Waals surface area (Å²) in [6.07, 6.45) is 0. The Morgan fingerprint density at radius 2 is 1.59 bits per heavy atom. The van der Waals surface area contributed by atoms with Gasteiger partial charge in [0.2, 0.25) is 15.9 Å². The number of ether oxygens (including phenoxy) is 2. The van der Waals surface area contributed by atoms with Gasteiger partial charge in [-0.2, -0.15) is 0 Å². The lowest BCUT2D eigenvalue weighted by molar-refractivity contribution is -0.115. The maximum atomic E-state index is 12.4. The van der Waals surface area contributed by atoms with Crippen LogP contribution in [0, 0.1) is 0 Å². The van der Waals surface area contributed by atoms with Crippen molar-refractivity contribution >= 4 is 27.4 Å². The molecule has 0 aliphatic heterocycles. The first kappa shape index (κ1) is 20.4. The third-order valence-corrected chi connectivity index (χ3v) is 5.06. The number of anilines is 1. The quantitative estimate of drug-likeness (QED) is 0.663. The van der Waals surface area contributed by atoms with E-state index in [1.54, 1.807) is 24.3 Å². The molecule has 144 valence electrons. The molecule has 0 atom stereocenters. The summed E-state index contributed by atoms with van der Waals surface area (Å²) in [7, 11) is -1.08. The van der Waals surface area contributed by atoms with Crippen LogP contribution in [0.4, 0.5) is 5.69 Å². The topological polar surface area (TPSA) is 111 Å². The fourth-order valence-corrected chi connectivity index (χ4v) is 3.22. The van der Waals surface area contributed by atoms with Crippen molar-refractivity contribution in [3.63, 3.8) is 0 Å². The van der Waals surface area contributed by atoms with Gasteiger partial charge in [0.15, 0.2) is 17.3 Å². The van der Waals surface area contributed by atoms with E-state index in [-0.39, 0.29) is 16.4 Å². The standard InChI is InChI=1S/C18H20N2O6S/c1-12(21)13-4-6-14(7-5-13)20-18(22)11-19-27(23,24)15-8-9-16(25-2)17(10-15)26-3/h4-10,19H,11H2,1-3H3,(H,20,22). The fraction of sp³-hybridized carbons (Fsp3) is 0.222. The van der Waals surface area contributed by atoms with Crippen LogP contribution in [0.3, 0.4) is 0 Å². The number of nitrogens with one attached hydrogen (secondary N) is 2. The largest absolute Gasteiger partial charge is 0.493 e. The molecule has 9 heteroatoms. The highest BCUT2D eigenvalue weighted by atomic mass is 32.2. The average Bonchev–Trinajstić information content (AvgIpc) is 2.66. The summed E-state index contributed by atoms with van der Waals surface area (Å²) in [6, 6.07) is 10.4. The SMILES string of the molecule is COc1ccc(S(=O)(=O)NCC(=O)Nc2ccc(C(C)=O)cc2)cc1OC. The van der Waals surface area contributed by atoms with Crippen molar-refractivity contribution in [2.45, 2.75) is 11.8 Å². The van der Waals surface area contributed by atoms with Gasteiger partial charge in [-0.05, 0) is 43.3 Å². The van der Waals surface area contributed by atoms with Crippen molar-refractivity contribution in [3.05, 3.63) is 48.0 Å². The van der Waals surface area contributed by atoms with Gasteiger partial charge in [-0.25, -0.2) is 13.1 Å². The normalized spacial score (nSPS) is 10.9. The Bertz CT molecular complexity index is 939. The van der Waals surface area contributed by atoms with E-state index in [0.717, 1.165) is 0 Å².